The number of benzene rings is 1. The van der Waals surface area contributed by atoms with Gasteiger partial charge in [0.1, 0.15) is 0 Å². The third kappa shape index (κ3) is 5.05. The van der Waals surface area contributed by atoms with Gasteiger partial charge in [-0.05, 0) is 50.5 Å². The first-order chi connectivity index (χ1) is 13.2. The van der Waals surface area contributed by atoms with Crippen LogP contribution in [0.5, 0.6) is 0 Å². The van der Waals surface area contributed by atoms with Crippen LogP contribution in [0.15, 0.2) is 29.4 Å². The highest BCUT2D eigenvalue weighted by molar-refractivity contribution is 7.99. The Balaban J connectivity index is 1.66. The number of nitrogens with one attached hydrogen (secondary N) is 1. The first kappa shape index (κ1) is 20.7. The number of thioether (sulfide) groups is 1. The SMILES string of the molecule is CC1CCCCN1C(=O)CSc1nnc(-c2ccc(NS(C)(=O)=O)cc2)n1C. The second-order valence-electron chi connectivity index (χ2n) is 7.04. The van der Waals surface area contributed by atoms with Gasteiger partial charge in [0.2, 0.25) is 15.9 Å². The number of aromatic nitrogens is 3. The van der Waals surface area contributed by atoms with E-state index in [1.54, 1.807) is 24.3 Å². The molecule has 1 aliphatic rings. The summed E-state index contributed by atoms with van der Waals surface area (Å²) in [5.74, 6) is 1.14. The first-order valence-corrected chi connectivity index (χ1v) is 12.0. The molecule has 152 valence electrons. The molecule has 1 N–H and O–H groups in total. The lowest BCUT2D eigenvalue weighted by Crippen LogP contribution is -2.42. The Morgan fingerprint density at radius 1 is 1.25 bits per heavy atom. The molecule has 0 aliphatic carbocycles. The van der Waals surface area contributed by atoms with Crippen LogP contribution in [0.25, 0.3) is 11.4 Å². The number of likely N-dealkylation sites (tertiary alicyclic amines) is 1. The fourth-order valence-electron chi connectivity index (χ4n) is 3.27. The Hall–Kier alpha value is -2.07. The number of piperidine rings is 1. The monoisotopic (exact) mass is 423 g/mol. The Morgan fingerprint density at radius 2 is 1.96 bits per heavy atom. The van der Waals surface area contributed by atoms with Crippen molar-refractivity contribution in [1.82, 2.24) is 19.7 Å². The van der Waals surface area contributed by atoms with Gasteiger partial charge < -0.3 is 9.47 Å². The summed E-state index contributed by atoms with van der Waals surface area (Å²) >= 11 is 1.38. The predicted molar refractivity (Wildman–Crippen MR) is 111 cm³/mol. The van der Waals surface area contributed by atoms with E-state index in [-0.39, 0.29) is 5.91 Å². The van der Waals surface area contributed by atoms with Crippen molar-refractivity contribution in [2.45, 2.75) is 37.4 Å². The molecule has 1 fully saturated rings. The highest BCUT2D eigenvalue weighted by Crippen LogP contribution is 2.25. The third-order valence-corrected chi connectivity index (χ3v) is 6.34. The normalized spacial score (nSPS) is 17.5. The van der Waals surface area contributed by atoms with Gasteiger partial charge in [0.25, 0.3) is 0 Å². The van der Waals surface area contributed by atoms with Crippen LogP contribution in [0.1, 0.15) is 26.2 Å². The number of hydrogen-bond acceptors (Lipinski definition) is 6. The van der Waals surface area contributed by atoms with Gasteiger partial charge in [0, 0.05) is 30.9 Å². The maximum absolute atomic E-state index is 12.5. The maximum atomic E-state index is 12.5. The van der Waals surface area contributed by atoms with E-state index in [9.17, 15) is 13.2 Å². The molecule has 1 aromatic carbocycles. The van der Waals surface area contributed by atoms with E-state index in [1.807, 2.05) is 16.5 Å². The summed E-state index contributed by atoms with van der Waals surface area (Å²) in [6, 6.07) is 7.23. The van der Waals surface area contributed by atoms with Gasteiger partial charge in [-0.2, -0.15) is 0 Å². The molecule has 1 saturated heterocycles. The number of carbonyl (C=O) groups excluding carboxylic acids is 1. The van der Waals surface area contributed by atoms with Crippen LogP contribution >= 0.6 is 11.8 Å². The molecule has 1 amide bonds. The second kappa shape index (κ2) is 8.52. The highest BCUT2D eigenvalue weighted by Gasteiger charge is 2.23. The molecular weight excluding hydrogens is 398 g/mol. The molecule has 0 radical (unpaired) electrons. The van der Waals surface area contributed by atoms with Gasteiger partial charge in [-0.1, -0.05) is 11.8 Å². The van der Waals surface area contributed by atoms with E-state index in [1.165, 1.54) is 18.2 Å². The van der Waals surface area contributed by atoms with Crippen molar-refractivity contribution in [3.05, 3.63) is 24.3 Å². The molecule has 3 rings (SSSR count). The number of amides is 1. The zero-order valence-corrected chi connectivity index (χ0v) is 17.9. The average molecular weight is 424 g/mol. The Labute approximate surface area is 169 Å². The molecule has 1 unspecified atom stereocenters. The molecule has 1 aromatic heterocycles. The molecule has 2 heterocycles. The molecule has 0 spiro atoms. The standard InChI is InChI=1S/C18H25N5O3S2/c1-13-6-4-5-11-23(13)16(24)12-27-18-20-19-17(22(18)2)14-7-9-15(10-8-14)21-28(3,25)26/h7-10,13,21H,4-6,11-12H2,1-3H3. The van der Waals surface area contributed by atoms with Gasteiger partial charge in [-0.15, -0.1) is 10.2 Å². The smallest absolute Gasteiger partial charge is 0.233 e. The average Bonchev–Trinajstić information content (AvgIpc) is 3.00. The van der Waals surface area contributed by atoms with E-state index in [0.29, 0.717) is 28.5 Å². The van der Waals surface area contributed by atoms with Gasteiger partial charge in [0.05, 0.1) is 12.0 Å². The highest BCUT2D eigenvalue weighted by atomic mass is 32.2. The summed E-state index contributed by atoms with van der Waals surface area (Å²) in [4.78, 5) is 14.5. The summed E-state index contributed by atoms with van der Waals surface area (Å²) in [5, 5.41) is 9.10. The maximum Gasteiger partial charge on any atom is 0.233 e. The quantitative estimate of drug-likeness (QED) is 0.717. The molecule has 1 aliphatic heterocycles. The van der Waals surface area contributed by atoms with Crippen molar-refractivity contribution in [2.75, 3.05) is 23.3 Å². The van der Waals surface area contributed by atoms with Crippen LogP contribution in [0.2, 0.25) is 0 Å². The largest absolute Gasteiger partial charge is 0.339 e. The number of hydrogen-bond donors (Lipinski definition) is 1. The van der Waals surface area contributed by atoms with Crippen molar-refractivity contribution >= 4 is 33.4 Å². The van der Waals surface area contributed by atoms with Crippen LogP contribution in [0.4, 0.5) is 5.69 Å². The van der Waals surface area contributed by atoms with Crippen molar-refractivity contribution in [1.29, 1.82) is 0 Å². The van der Waals surface area contributed by atoms with Gasteiger partial charge >= 0.3 is 0 Å². The fraction of sp³-hybridized carbons (Fsp3) is 0.500. The molecule has 0 bridgehead atoms. The van der Waals surface area contributed by atoms with E-state index in [2.05, 4.69) is 21.8 Å². The fourth-order valence-corrected chi connectivity index (χ4v) is 4.63. The summed E-state index contributed by atoms with van der Waals surface area (Å²) in [7, 11) is -1.45. The van der Waals surface area contributed by atoms with Crippen molar-refractivity contribution < 1.29 is 13.2 Å². The van der Waals surface area contributed by atoms with E-state index in [4.69, 9.17) is 0 Å². The van der Waals surface area contributed by atoms with Crippen molar-refractivity contribution in [3.8, 4) is 11.4 Å². The molecule has 2 aromatic rings. The van der Waals surface area contributed by atoms with E-state index in [0.717, 1.165) is 31.2 Å². The first-order valence-electron chi connectivity index (χ1n) is 9.14. The number of nitrogens with zero attached hydrogens (tertiary/aromatic N) is 4. The minimum atomic E-state index is -3.31. The lowest BCUT2D eigenvalue weighted by molar-refractivity contribution is -0.131. The Bertz CT molecular complexity index is 941. The Morgan fingerprint density at radius 3 is 2.61 bits per heavy atom. The lowest BCUT2D eigenvalue weighted by Gasteiger charge is -2.33. The molecular formula is C18H25N5O3S2. The topological polar surface area (TPSA) is 97.2 Å². The Kier molecular flexibility index (Phi) is 6.29. The number of sulfonamides is 1. The molecule has 1 atom stereocenters. The molecule has 0 saturated carbocycles. The lowest BCUT2D eigenvalue weighted by atomic mass is 10.0. The van der Waals surface area contributed by atoms with Gasteiger partial charge in [-0.25, -0.2) is 8.42 Å². The number of anilines is 1. The third-order valence-electron chi connectivity index (χ3n) is 4.73. The van der Waals surface area contributed by atoms with E-state index < -0.39 is 10.0 Å². The van der Waals surface area contributed by atoms with Crippen molar-refractivity contribution in [3.63, 3.8) is 0 Å². The summed E-state index contributed by atoms with van der Waals surface area (Å²) in [6.45, 7) is 2.93. The van der Waals surface area contributed by atoms with Crippen molar-refractivity contribution in [2.24, 2.45) is 7.05 Å². The summed E-state index contributed by atoms with van der Waals surface area (Å²) < 4.78 is 26.9. The number of carbonyl (C=O) groups is 1. The minimum absolute atomic E-state index is 0.137. The van der Waals surface area contributed by atoms with Crippen LogP contribution < -0.4 is 4.72 Å². The van der Waals surface area contributed by atoms with Crippen LogP contribution in [-0.4, -0.2) is 58.6 Å². The zero-order chi connectivity index (χ0) is 20.3. The summed E-state index contributed by atoms with van der Waals surface area (Å²) in [6.07, 6.45) is 4.43. The number of rotatable bonds is 6. The summed E-state index contributed by atoms with van der Waals surface area (Å²) in [5.41, 5.74) is 1.31. The zero-order valence-electron chi connectivity index (χ0n) is 16.3. The van der Waals surface area contributed by atoms with Crippen LogP contribution in [-0.2, 0) is 21.9 Å². The van der Waals surface area contributed by atoms with Gasteiger partial charge in [-0.3, -0.25) is 9.52 Å². The second-order valence-corrected chi connectivity index (χ2v) is 9.73. The van der Waals surface area contributed by atoms with E-state index >= 15 is 0 Å². The molecule has 10 heteroatoms. The predicted octanol–water partition coefficient (Wildman–Crippen LogP) is 2.35. The molecule has 28 heavy (non-hydrogen) atoms. The molecule has 8 nitrogen and oxygen atoms in total. The van der Waals surface area contributed by atoms with Crippen LogP contribution in [0, 0.1) is 0 Å². The minimum Gasteiger partial charge on any atom is -0.339 e. The van der Waals surface area contributed by atoms with Crippen LogP contribution in [0.3, 0.4) is 0 Å². The van der Waals surface area contributed by atoms with Gasteiger partial charge in [0.15, 0.2) is 11.0 Å².